The quantitative estimate of drug-likeness (QED) is 0.238. The summed E-state index contributed by atoms with van der Waals surface area (Å²) in [5.74, 6) is -4.15. The Kier molecular flexibility index (Phi) is 14.7. The van der Waals surface area contributed by atoms with Gasteiger partial charge in [0.1, 0.15) is 0 Å². The molecule has 46 heavy (non-hydrogen) atoms. The van der Waals surface area contributed by atoms with E-state index in [1.807, 2.05) is 24.5 Å². The maximum atomic E-state index is 12.4. The molecule has 1 aromatic heterocycles. The molecule has 2 saturated heterocycles. The highest BCUT2D eigenvalue weighted by Gasteiger charge is 2.38. The number of pyridine rings is 1. The third-order valence-electron chi connectivity index (χ3n) is 7.53. The van der Waals surface area contributed by atoms with Crippen molar-refractivity contribution < 1.29 is 37.5 Å². The van der Waals surface area contributed by atoms with E-state index in [2.05, 4.69) is 35.6 Å². The van der Waals surface area contributed by atoms with E-state index in [-0.39, 0.29) is 5.91 Å². The van der Waals surface area contributed by atoms with E-state index >= 15 is 0 Å². The van der Waals surface area contributed by atoms with Gasteiger partial charge in [0.2, 0.25) is 5.91 Å². The molecule has 2 aromatic rings. The number of carboxylic acid groups (broad SMARTS) is 1. The van der Waals surface area contributed by atoms with Gasteiger partial charge in [0, 0.05) is 62.2 Å². The summed E-state index contributed by atoms with van der Waals surface area (Å²) in [5, 5.41) is 15.4. The van der Waals surface area contributed by atoms with Crippen molar-refractivity contribution in [2.24, 2.45) is 0 Å². The van der Waals surface area contributed by atoms with Crippen molar-refractivity contribution in [3.05, 3.63) is 48.8 Å². The summed E-state index contributed by atoms with van der Waals surface area (Å²) in [5.41, 5.74) is 2.36. The summed E-state index contributed by atoms with van der Waals surface area (Å²) >= 11 is 0. The molecule has 15 heteroatoms. The van der Waals surface area contributed by atoms with Crippen LogP contribution < -0.4 is 20.9 Å². The molecule has 3 amide bonds. The zero-order valence-electron chi connectivity index (χ0n) is 25.7. The predicted molar refractivity (Wildman–Crippen MR) is 167 cm³/mol. The molecule has 4 rings (SSSR count). The average molecular weight is 650 g/mol. The number of aromatic nitrogens is 1. The van der Waals surface area contributed by atoms with Crippen molar-refractivity contribution in [2.45, 2.75) is 44.7 Å². The van der Waals surface area contributed by atoms with E-state index in [1.54, 1.807) is 24.3 Å². The summed E-state index contributed by atoms with van der Waals surface area (Å²) < 4.78 is 31.7. The van der Waals surface area contributed by atoms with Gasteiger partial charge in [-0.2, -0.15) is 13.2 Å². The summed E-state index contributed by atoms with van der Waals surface area (Å²) in [4.78, 5) is 56.9. The molecule has 0 saturated carbocycles. The molecule has 0 bridgehead atoms. The van der Waals surface area contributed by atoms with Crippen LogP contribution in [-0.2, 0) is 19.2 Å². The fourth-order valence-electron chi connectivity index (χ4n) is 5.07. The zero-order valence-corrected chi connectivity index (χ0v) is 25.7. The van der Waals surface area contributed by atoms with E-state index < -0.39 is 24.0 Å². The van der Waals surface area contributed by atoms with Crippen LogP contribution in [0.4, 0.5) is 30.2 Å². The predicted octanol–water partition coefficient (Wildman–Crippen LogP) is 3.19. The number of nitrogens with zero attached hydrogens (tertiary/aromatic N) is 4. The van der Waals surface area contributed by atoms with E-state index in [0.717, 1.165) is 65.1 Å². The molecule has 0 atom stereocenters. The third-order valence-corrected chi connectivity index (χ3v) is 7.53. The molecule has 12 nitrogen and oxygen atoms in total. The van der Waals surface area contributed by atoms with E-state index in [9.17, 15) is 27.6 Å². The molecule has 2 fully saturated rings. The van der Waals surface area contributed by atoms with Crippen LogP contribution >= 0.6 is 0 Å². The van der Waals surface area contributed by atoms with E-state index in [1.165, 1.54) is 24.9 Å². The first-order valence-electron chi connectivity index (χ1n) is 15.4. The average Bonchev–Trinajstić information content (AvgIpc) is 3.02. The monoisotopic (exact) mass is 649 g/mol. The fraction of sp³-hybridized carbons (Fsp3) is 0.516. The van der Waals surface area contributed by atoms with Gasteiger partial charge >= 0.3 is 24.0 Å². The highest BCUT2D eigenvalue weighted by atomic mass is 19.4. The van der Waals surface area contributed by atoms with Gasteiger partial charge in [0.15, 0.2) is 0 Å². The van der Waals surface area contributed by atoms with Crippen LogP contribution in [0.15, 0.2) is 48.8 Å². The Morgan fingerprint density at radius 3 is 1.85 bits per heavy atom. The minimum absolute atomic E-state index is 0.0395. The van der Waals surface area contributed by atoms with Crippen LogP contribution in [0, 0.1) is 0 Å². The van der Waals surface area contributed by atoms with Crippen molar-refractivity contribution in [1.29, 1.82) is 0 Å². The Morgan fingerprint density at radius 2 is 1.28 bits per heavy atom. The Morgan fingerprint density at radius 1 is 0.739 bits per heavy atom. The molecular formula is C31H42F3N7O5. The van der Waals surface area contributed by atoms with Crippen LogP contribution in [0.25, 0.3) is 0 Å². The fourth-order valence-corrected chi connectivity index (χ4v) is 5.07. The largest absolute Gasteiger partial charge is 0.490 e. The summed E-state index contributed by atoms with van der Waals surface area (Å²) in [6.45, 7) is 7.47. The molecule has 252 valence electrons. The minimum Gasteiger partial charge on any atom is -0.475 e. The Hall–Kier alpha value is -4.24. The number of carbonyl (C=O) groups excluding carboxylic acids is 3. The lowest BCUT2D eigenvalue weighted by Crippen LogP contribution is -2.47. The molecule has 3 heterocycles. The smallest absolute Gasteiger partial charge is 0.475 e. The van der Waals surface area contributed by atoms with E-state index in [0.29, 0.717) is 24.5 Å². The molecular weight excluding hydrogens is 607 g/mol. The molecule has 1 aromatic carbocycles. The molecule has 2 aliphatic heterocycles. The summed E-state index contributed by atoms with van der Waals surface area (Å²) in [6, 6.07) is 10.9. The minimum atomic E-state index is -5.08. The van der Waals surface area contributed by atoms with E-state index in [4.69, 9.17) is 9.90 Å². The second-order valence-corrected chi connectivity index (χ2v) is 11.1. The van der Waals surface area contributed by atoms with Crippen molar-refractivity contribution >= 4 is 40.8 Å². The second-order valence-electron chi connectivity index (χ2n) is 11.1. The zero-order chi connectivity index (χ0) is 33.4. The van der Waals surface area contributed by atoms with Crippen LogP contribution in [0.3, 0.4) is 0 Å². The molecule has 0 spiro atoms. The lowest BCUT2D eigenvalue weighted by Gasteiger charge is -2.36. The molecule has 0 radical (unpaired) electrons. The number of aliphatic carboxylic acids is 1. The van der Waals surface area contributed by atoms with Gasteiger partial charge in [-0.15, -0.1) is 0 Å². The number of hydrogen-bond donors (Lipinski definition) is 4. The first-order chi connectivity index (χ1) is 22.0. The third kappa shape index (κ3) is 13.4. The van der Waals surface area contributed by atoms with Crippen molar-refractivity contribution in [3.63, 3.8) is 0 Å². The number of likely N-dealkylation sites (tertiary alicyclic amines) is 1. The number of benzene rings is 1. The number of alkyl halides is 3. The summed E-state index contributed by atoms with van der Waals surface area (Å²) in [6.07, 6.45) is 5.35. The van der Waals surface area contributed by atoms with Crippen LogP contribution in [0.1, 0.15) is 38.5 Å². The maximum absolute atomic E-state index is 12.4. The Bertz CT molecular complexity index is 1250. The number of nitrogens with one attached hydrogen (secondary N) is 3. The standard InChI is InChI=1S/C29H41N7O3.C2HF3O2/c37-27(23-35-16-4-2-1-3-5-17-35)32-24-7-9-25(10-8-24)33-29(39)28(38)31-13-6-18-34-19-21-36(22-20-34)26-11-14-30-15-12-26;3-2(4,5)1(6)7/h7-12,14-15H,1-6,13,16-23H2,(H,31,38)(H,32,37)(H,33,39);(H,6,7). The number of halogens is 3. The normalized spacial score (nSPS) is 16.2. The number of rotatable bonds is 9. The van der Waals surface area contributed by atoms with Gasteiger partial charge in [0.25, 0.3) is 0 Å². The number of carboxylic acids is 1. The first-order valence-corrected chi connectivity index (χ1v) is 15.4. The maximum Gasteiger partial charge on any atom is 0.490 e. The van der Waals surface area contributed by atoms with Gasteiger partial charge in [-0.25, -0.2) is 4.79 Å². The Balaban J connectivity index is 0.000000738. The van der Waals surface area contributed by atoms with Crippen LogP contribution in [-0.4, -0.2) is 109 Å². The van der Waals surface area contributed by atoms with Crippen molar-refractivity contribution in [3.8, 4) is 0 Å². The molecule has 2 aliphatic rings. The highest BCUT2D eigenvalue weighted by molar-refractivity contribution is 6.39. The van der Waals surface area contributed by atoms with Crippen molar-refractivity contribution in [1.82, 2.24) is 20.1 Å². The number of anilines is 3. The van der Waals surface area contributed by atoms with Gasteiger partial charge in [0.05, 0.1) is 6.54 Å². The second kappa shape index (κ2) is 18.7. The van der Waals surface area contributed by atoms with Gasteiger partial charge < -0.3 is 26.0 Å². The molecule has 0 unspecified atom stereocenters. The van der Waals surface area contributed by atoms with Gasteiger partial charge in [-0.3, -0.25) is 29.2 Å². The lowest BCUT2D eigenvalue weighted by atomic mass is 10.1. The summed E-state index contributed by atoms with van der Waals surface area (Å²) in [7, 11) is 0. The SMILES string of the molecule is O=C(CN1CCCCCCC1)Nc1ccc(NC(=O)C(=O)NCCCN2CCN(c3ccncc3)CC2)cc1.O=C(O)C(F)(F)F. The van der Waals surface area contributed by atoms with Crippen LogP contribution in [0.2, 0.25) is 0 Å². The Labute approximate surface area is 266 Å². The first kappa shape index (κ1) is 36.2. The number of hydrogen-bond acceptors (Lipinski definition) is 8. The number of piperazine rings is 1. The lowest BCUT2D eigenvalue weighted by molar-refractivity contribution is -0.192. The highest BCUT2D eigenvalue weighted by Crippen LogP contribution is 2.16. The van der Waals surface area contributed by atoms with Crippen molar-refractivity contribution in [2.75, 3.05) is 74.4 Å². The molecule has 0 aliphatic carbocycles. The van der Waals surface area contributed by atoms with Gasteiger partial charge in [-0.05, 0) is 75.3 Å². The topological polar surface area (TPSA) is 147 Å². The molecule has 4 N–H and O–H groups in total. The number of amides is 3. The number of carbonyl (C=O) groups is 4. The van der Waals surface area contributed by atoms with Gasteiger partial charge in [-0.1, -0.05) is 19.3 Å². The van der Waals surface area contributed by atoms with Crippen LogP contribution in [0.5, 0.6) is 0 Å².